The molecule has 1 unspecified atom stereocenters. The van der Waals surface area contributed by atoms with Gasteiger partial charge in [0, 0.05) is 16.8 Å². The van der Waals surface area contributed by atoms with Crippen molar-refractivity contribution >= 4 is 11.4 Å². The Hall–Kier alpha value is -4.10. The van der Waals surface area contributed by atoms with Crippen LogP contribution in [0.1, 0.15) is 48.4 Å². The maximum absolute atomic E-state index is 4.04. The molecule has 0 aliphatic carbocycles. The van der Waals surface area contributed by atoms with Crippen molar-refractivity contribution in [3.63, 3.8) is 0 Å². The van der Waals surface area contributed by atoms with Gasteiger partial charge in [-0.3, -0.25) is 0 Å². The smallest absolute Gasteiger partial charge is 0.0543 e. The topological polar surface area (TPSA) is 12.0 Å². The second-order valence-corrected chi connectivity index (χ2v) is 9.95. The average molecular weight is 482 g/mol. The molecule has 0 aromatic heterocycles. The zero-order chi connectivity index (χ0) is 25.6. The number of benzene rings is 5. The van der Waals surface area contributed by atoms with Gasteiger partial charge in [-0.05, 0) is 53.5 Å². The van der Waals surface area contributed by atoms with Gasteiger partial charge in [-0.1, -0.05) is 141 Å². The van der Waals surface area contributed by atoms with Crippen molar-refractivity contribution in [2.75, 3.05) is 5.32 Å². The summed E-state index contributed by atoms with van der Waals surface area (Å²) in [7, 11) is 0. The van der Waals surface area contributed by atoms with E-state index in [9.17, 15) is 0 Å². The quantitative estimate of drug-likeness (QED) is 0.232. The molecule has 1 nitrogen and oxygen atoms in total. The molecule has 0 heterocycles. The van der Waals surface area contributed by atoms with Gasteiger partial charge in [0.05, 0.1) is 5.69 Å². The number of nitrogens with one attached hydrogen (secondary N) is 1. The second kappa shape index (κ2) is 11.3. The SMILES string of the molecule is CCC(C)c1cc(C)cc(Cc2ccccc2)c1Nc1c(-c2ccccc2)cccc1-c1ccccc1. The molecule has 0 aliphatic rings. The number of aryl methyl sites for hydroxylation is 1. The zero-order valence-electron chi connectivity index (χ0n) is 22.0. The van der Waals surface area contributed by atoms with Crippen LogP contribution in [0.25, 0.3) is 22.3 Å². The van der Waals surface area contributed by atoms with Gasteiger partial charge in [-0.25, -0.2) is 0 Å². The van der Waals surface area contributed by atoms with Crippen molar-refractivity contribution in [1.82, 2.24) is 0 Å². The Kier molecular flexibility index (Phi) is 7.51. The molecule has 0 aliphatic heterocycles. The number of para-hydroxylation sites is 1. The highest BCUT2D eigenvalue weighted by molar-refractivity contribution is 5.93. The summed E-state index contributed by atoms with van der Waals surface area (Å²) in [5.41, 5.74) is 12.6. The third-order valence-corrected chi connectivity index (χ3v) is 7.26. The number of rotatable bonds is 8. The van der Waals surface area contributed by atoms with Crippen LogP contribution in [0, 0.1) is 6.92 Å². The van der Waals surface area contributed by atoms with Crippen LogP contribution in [-0.2, 0) is 6.42 Å². The molecule has 5 aromatic carbocycles. The molecule has 1 atom stereocenters. The van der Waals surface area contributed by atoms with E-state index in [-0.39, 0.29) is 0 Å². The van der Waals surface area contributed by atoms with Crippen LogP contribution in [0.15, 0.2) is 121 Å². The fourth-order valence-electron chi connectivity index (χ4n) is 5.14. The summed E-state index contributed by atoms with van der Waals surface area (Å²) in [4.78, 5) is 0. The van der Waals surface area contributed by atoms with Gasteiger partial charge in [0.2, 0.25) is 0 Å². The maximum atomic E-state index is 4.04. The Morgan fingerprint density at radius 2 is 1.16 bits per heavy atom. The molecule has 0 bridgehead atoms. The van der Waals surface area contributed by atoms with Crippen molar-refractivity contribution in [3.05, 3.63) is 144 Å². The minimum Gasteiger partial charge on any atom is -0.354 e. The van der Waals surface area contributed by atoms with E-state index in [1.165, 1.54) is 50.2 Å². The van der Waals surface area contributed by atoms with Crippen LogP contribution in [0.5, 0.6) is 0 Å². The van der Waals surface area contributed by atoms with Gasteiger partial charge >= 0.3 is 0 Å². The minimum absolute atomic E-state index is 0.445. The molecule has 5 rings (SSSR count). The van der Waals surface area contributed by atoms with Crippen LogP contribution in [-0.4, -0.2) is 0 Å². The summed E-state index contributed by atoms with van der Waals surface area (Å²) >= 11 is 0. The Morgan fingerprint density at radius 3 is 1.70 bits per heavy atom. The van der Waals surface area contributed by atoms with Gasteiger partial charge in [-0.2, -0.15) is 0 Å². The largest absolute Gasteiger partial charge is 0.354 e. The van der Waals surface area contributed by atoms with Crippen molar-refractivity contribution in [2.24, 2.45) is 0 Å². The predicted molar refractivity (Wildman–Crippen MR) is 160 cm³/mol. The van der Waals surface area contributed by atoms with Gasteiger partial charge in [-0.15, -0.1) is 0 Å². The highest BCUT2D eigenvalue weighted by Crippen LogP contribution is 2.42. The van der Waals surface area contributed by atoms with Crippen LogP contribution in [0.2, 0.25) is 0 Å². The van der Waals surface area contributed by atoms with E-state index in [1.54, 1.807) is 0 Å². The van der Waals surface area contributed by atoms with E-state index in [0.29, 0.717) is 5.92 Å². The predicted octanol–water partition coefficient (Wildman–Crippen LogP) is 10.2. The van der Waals surface area contributed by atoms with Crippen LogP contribution < -0.4 is 5.32 Å². The van der Waals surface area contributed by atoms with Gasteiger partial charge in [0.25, 0.3) is 0 Å². The molecule has 1 heteroatoms. The fourth-order valence-corrected chi connectivity index (χ4v) is 5.14. The van der Waals surface area contributed by atoms with Gasteiger partial charge in [0.1, 0.15) is 0 Å². The van der Waals surface area contributed by atoms with Crippen LogP contribution in [0.4, 0.5) is 11.4 Å². The molecule has 0 spiro atoms. The third-order valence-electron chi connectivity index (χ3n) is 7.26. The molecule has 0 saturated heterocycles. The van der Waals surface area contributed by atoms with Crippen LogP contribution >= 0.6 is 0 Å². The monoisotopic (exact) mass is 481 g/mol. The Balaban J connectivity index is 1.73. The molecular weight excluding hydrogens is 446 g/mol. The third kappa shape index (κ3) is 5.52. The maximum Gasteiger partial charge on any atom is 0.0543 e. The molecular formula is C36H35N. The molecule has 0 radical (unpaired) electrons. The lowest BCUT2D eigenvalue weighted by atomic mass is 9.89. The first-order valence-electron chi connectivity index (χ1n) is 13.3. The minimum atomic E-state index is 0.445. The average Bonchev–Trinajstić information content (AvgIpc) is 2.95. The van der Waals surface area contributed by atoms with E-state index in [1.807, 2.05) is 0 Å². The van der Waals surface area contributed by atoms with Crippen molar-refractivity contribution in [3.8, 4) is 22.3 Å². The van der Waals surface area contributed by atoms with Crippen molar-refractivity contribution in [2.45, 2.75) is 39.5 Å². The first kappa shape index (κ1) is 24.6. The number of hydrogen-bond donors (Lipinski definition) is 1. The molecule has 0 fully saturated rings. The standard InChI is InChI=1S/C36H35N/c1-4-27(3)34-24-26(2)23-31(25-28-15-8-5-9-16-28)35(34)37-36-32(29-17-10-6-11-18-29)21-14-22-33(36)30-19-12-7-13-20-30/h5-24,27,37H,4,25H2,1-3H3. The summed E-state index contributed by atoms with van der Waals surface area (Å²) in [6, 6.07) is 43.6. The van der Waals surface area contributed by atoms with E-state index in [0.717, 1.165) is 18.5 Å². The highest BCUT2D eigenvalue weighted by Gasteiger charge is 2.19. The zero-order valence-corrected chi connectivity index (χ0v) is 22.0. The fraction of sp³-hybridized carbons (Fsp3) is 0.167. The number of hydrogen-bond acceptors (Lipinski definition) is 1. The van der Waals surface area contributed by atoms with Gasteiger partial charge in [0.15, 0.2) is 0 Å². The Morgan fingerprint density at radius 1 is 0.622 bits per heavy atom. The first-order chi connectivity index (χ1) is 18.1. The van der Waals surface area contributed by atoms with E-state index in [2.05, 4.69) is 147 Å². The molecule has 37 heavy (non-hydrogen) atoms. The lowest BCUT2D eigenvalue weighted by Gasteiger charge is -2.25. The van der Waals surface area contributed by atoms with Crippen molar-refractivity contribution in [1.29, 1.82) is 0 Å². The Labute approximate surface area is 221 Å². The second-order valence-electron chi connectivity index (χ2n) is 9.95. The lowest BCUT2D eigenvalue weighted by molar-refractivity contribution is 0.733. The summed E-state index contributed by atoms with van der Waals surface area (Å²) < 4.78 is 0. The molecule has 0 saturated carbocycles. The summed E-state index contributed by atoms with van der Waals surface area (Å²) in [6.45, 7) is 6.84. The summed E-state index contributed by atoms with van der Waals surface area (Å²) in [5, 5.41) is 4.04. The van der Waals surface area contributed by atoms with E-state index < -0.39 is 0 Å². The van der Waals surface area contributed by atoms with E-state index >= 15 is 0 Å². The molecule has 1 N–H and O–H groups in total. The Bertz CT molecular complexity index is 1400. The van der Waals surface area contributed by atoms with Crippen molar-refractivity contribution < 1.29 is 0 Å². The summed E-state index contributed by atoms with van der Waals surface area (Å²) in [6.07, 6.45) is 1.98. The van der Waals surface area contributed by atoms with Gasteiger partial charge < -0.3 is 5.32 Å². The molecule has 0 amide bonds. The summed E-state index contributed by atoms with van der Waals surface area (Å²) in [5.74, 6) is 0.445. The highest BCUT2D eigenvalue weighted by atomic mass is 14.9. The molecule has 5 aromatic rings. The molecule has 184 valence electrons. The number of anilines is 2. The normalized spacial score (nSPS) is 11.8. The lowest BCUT2D eigenvalue weighted by Crippen LogP contribution is -2.07. The van der Waals surface area contributed by atoms with Crippen LogP contribution in [0.3, 0.4) is 0 Å². The van der Waals surface area contributed by atoms with E-state index in [4.69, 9.17) is 0 Å². The first-order valence-corrected chi connectivity index (χ1v) is 13.3.